The maximum Gasteiger partial charge on any atom is 0.153 e. The number of hydrogen-bond donors (Lipinski definition) is 0. The first-order valence-electron chi connectivity index (χ1n) is 5.19. The van der Waals surface area contributed by atoms with E-state index < -0.39 is 0 Å². The van der Waals surface area contributed by atoms with Gasteiger partial charge < -0.3 is 4.74 Å². The average Bonchev–Trinajstić information content (AvgIpc) is 2.64. The highest BCUT2D eigenvalue weighted by Crippen LogP contribution is 2.17. The summed E-state index contributed by atoms with van der Waals surface area (Å²) in [6.07, 6.45) is 0.158. The van der Waals surface area contributed by atoms with Gasteiger partial charge in [-0.05, 0) is 43.3 Å². The molecule has 0 saturated heterocycles. The van der Waals surface area contributed by atoms with Crippen LogP contribution in [0.5, 0.6) is 5.75 Å². The van der Waals surface area contributed by atoms with Crippen molar-refractivity contribution in [1.82, 2.24) is 20.2 Å². The number of rotatable bonds is 3. The second-order valence-electron chi connectivity index (χ2n) is 3.80. The van der Waals surface area contributed by atoms with Gasteiger partial charge in [-0.15, -0.1) is 5.10 Å². The molecule has 84 valence electrons. The number of nitrogens with zero attached hydrogens (tertiary/aromatic N) is 4. The summed E-state index contributed by atoms with van der Waals surface area (Å²) in [4.78, 5) is 0. The molecular formula is C11H14N4O. The molecule has 0 aliphatic rings. The lowest BCUT2D eigenvalue weighted by atomic mass is 10.3. The number of benzene rings is 1. The van der Waals surface area contributed by atoms with Crippen molar-refractivity contribution in [3.63, 3.8) is 0 Å². The molecule has 0 aliphatic heterocycles. The van der Waals surface area contributed by atoms with Crippen molar-refractivity contribution in [1.29, 1.82) is 0 Å². The van der Waals surface area contributed by atoms with E-state index in [9.17, 15) is 0 Å². The molecule has 0 atom stereocenters. The lowest BCUT2D eigenvalue weighted by Gasteiger charge is -2.10. The molecule has 1 aromatic heterocycles. The molecule has 1 aromatic carbocycles. The van der Waals surface area contributed by atoms with Gasteiger partial charge in [0.1, 0.15) is 5.75 Å². The van der Waals surface area contributed by atoms with Crippen LogP contribution in [0, 0.1) is 6.92 Å². The third-order valence-electron chi connectivity index (χ3n) is 2.06. The fraction of sp³-hybridized carbons (Fsp3) is 0.364. The fourth-order valence-corrected chi connectivity index (χ4v) is 1.43. The first-order chi connectivity index (χ1) is 7.66. The topological polar surface area (TPSA) is 52.8 Å². The van der Waals surface area contributed by atoms with Gasteiger partial charge in [-0.25, -0.2) is 0 Å². The minimum absolute atomic E-state index is 0.158. The first-order valence-corrected chi connectivity index (χ1v) is 5.19. The molecule has 0 fully saturated rings. The second-order valence-corrected chi connectivity index (χ2v) is 3.80. The van der Waals surface area contributed by atoms with Gasteiger partial charge in [0.05, 0.1) is 11.8 Å². The lowest BCUT2D eigenvalue weighted by Crippen LogP contribution is -2.06. The monoisotopic (exact) mass is 218 g/mol. The molecular weight excluding hydrogens is 204 g/mol. The normalized spacial score (nSPS) is 10.8. The molecule has 0 bridgehead atoms. The van der Waals surface area contributed by atoms with Crippen molar-refractivity contribution in [3.8, 4) is 11.4 Å². The highest BCUT2D eigenvalue weighted by Gasteiger charge is 2.05. The Morgan fingerprint density at radius 2 is 2.12 bits per heavy atom. The van der Waals surface area contributed by atoms with Crippen molar-refractivity contribution >= 4 is 0 Å². The van der Waals surface area contributed by atoms with Crippen LogP contribution in [0.25, 0.3) is 5.69 Å². The molecule has 0 radical (unpaired) electrons. The maximum atomic E-state index is 5.61. The Morgan fingerprint density at radius 1 is 1.31 bits per heavy atom. The van der Waals surface area contributed by atoms with Crippen LogP contribution >= 0.6 is 0 Å². The fourth-order valence-electron chi connectivity index (χ4n) is 1.43. The summed E-state index contributed by atoms with van der Waals surface area (Å²) >= 11 is 0. The molecule has 5 heteroatoms. The molecule has 2 aromatic rings. The lowest BCUT2D eigenvalue weighted by molar-refractivity contribution is 0.242. The van der Waals surface area contributed by atoms with Crippen LogP contribution in [0.15, 0.2) is 24.3 Å². The Morgan fingerprint density at radius 3 is 2.75 bits per heavy atom. The first kappa shape index (κ1) is 10.6. The third kappa shape index (κ3) is 2.18. The third-order valence-corrected chi connectivity index (χ3v) is 2.06. The molecule has 16 heavy (non-hydrogen) atoms. The quantitative estimate of drug-likeness (QED) is 0.787. The van der Waals surface area contributed by atoms with E-state index in [4.69, 9.17) is 4.74 Å². The summed E-state index contributed by atoms with van der Waals surface area (Å²) < 4.78 is 7.28. The van der Waals surface area contributed by atoms with Crippen LogP contribution in [0.4, 0.5) is 0 Å². The van der Waals surface area contributed by atoms with Gasteiger partial charge in [-0.3, -0.25) is 0 Å². The van der Waals surface area contributed by atoms with E-state index in [2.05, 4.69) is 15.5 Å². The van der Waals surface area contributed by atoms with E-state index in [0.29, 0.717) is 0 Å². The zero-order chi connectivity index (χ0) is 11.5. The average molecular weight is 218 g/mol. The van der Waals surface area contributed by atoms with E-state index in [1.54, 1.807) is 4.68 Å². The number of aryl methyl sites for hydroxylation is 1. The Balaban J connectivity index is 2.33. The summed E-state index contributed by atoms with van der Waals surface area (Å²) in [5, 5.41) is 11.4. The van der Waals surface area contributed by atoms with Crippen molar-refractivity contribution in [3.05, 3.63) is 30.1 Å². The highest BCUT2D eigenvalue weighted by atomic mass is 16.5. The SMILES string of the molecule is Cc1nnnn1-c1cccc(OC(C)C)c1. The minimum atomic E-state index is 0.158. The van der Waals surface area contributed by atoms with Gasteiger partial charge in [0.15, 0.2) is 5.82 Å². The Hall–Kier alpha value is -1.91. The largest absolute Gasteiger partial charge is 0.491 e. The van der Waals surface area contributed by atoms with Crippen LogP contribution in [-0.4, -0.2) is 26.3 Å². The number of aromatic nitrogens is 4. The van der Waals surface area contributed by atoms with Crippen molar-refractivity contribution in [2.75, 3.05) is 0 Å². The Kier molecular flexibility index (Phi) is 2.85. The predicted octanol–water partition coefficient (Wildman–Crippen LogP) is 1.76. The minimum Gasteiger partial charge on any atom is -0.491 e. The summed E-state index contributed by atoms with van der Waals surface area (Å²) in [5.41, 5.74) is 0.903. The molecule has 1 heterocycles. The Bertz CT molecular complexity index is 478. The summed E-state index contributed by atoms with van der Waals surface area (Å²) in [6.45, 7) is 5.85. The molecule has 5 nitrogen and oxygen atoms in total. The number of hydrogen-bond acceptors (Lipinski definition) is 4. The zero-order valence-electron chi connectivity index (χ0n) is 9.58. The van der Waals surface area contributed by atoms with E-state index in [1.807, 2.05) is 45.0 Å². The van der Waals surface area contributed by atoms with Crippen LogP contribution in [0.1, 0.15) is 19.7 Å². The Labute approximate surface area is 94.0 Å². The van der Waals surface area contributed by atoms with Crippen LogP contribution < -0.4 is 4.74 Å². The van der Waals surface area contributed by atoms with E-state index in [0.717, 1.165) is 17.3 Å². The van der Waals surface area contributed by atoms with Gasteiger partial charge >= 0.3 is 0 Å². The van der Waals surface area contributed by atoms with Crippen LogP contribution in [0.3, 0.4) is 0 Å². The molecule has 0 spiro atoms. The zero-order valence-corrected chi connectivity index (χ0v) is 9.58. The molecule has 0 N–H and O–H groups in total. The van der Waals surface area contributed by atoms with Gasteiger partial charge in [0.25, 0.3) is 0 Å². The van der Waals surface area contributed by atoms with Gasteiger partial charge in [-0.1, -0.05) is 6.07 Å². The number of ether oxygens (including phenoxy) is 1. The van der Waals surface area contributed by atoms with Crippen LogP contribution in [0.2, 0.25) is 0 Å². The second kappa shape index (κ2) is 4.30. The smallest absolute Gasteiger partial charge is 0.153 e. The van der Waals surface area contributed by atoms with Crippen molar-refractivity contribution in [2.45, 2.75) is 26.9 Å². The van der Waals surface area contributed by atoms with Crippen molar-refractivity contribution in [2.24, 2.45) is 0 Å². The summed E-state index contributed by atoms with van der Waals surface area (Å²) in [7, 11) is 0. The van der Waals surface area contributed by atoms with E-state index >= 15 is 0 Å². The predicted molar refractivity (Wildman–Crippen MR) is 59.7 cm³/mol. The standard InChI is InChI=1S/C11H14N4O/c1-8(2)16-11-6-4-5-10(7-11)15-9(3)12-13-14-15/h4-8H,1-3H3. The molecule has 0 saturated carbocycles. The van der Waals surface area contributed by atoms with E-state index in [1.165, 1.54) is 0 Å². The number of tetrazole rings is 1. The van der Waals surface area contributed by atoms with Crippen LogP contribution in [-0.2, 0) is 0 Å². The highest BCUT2D eigenvalue weighted by molar-refractivity contribution is 5.38. The molecule has 0 amide bonds. The van der Waals surface area contributed by atoms with E-state index in [-0.39, 0.29) is 6.10 Å². The molecule has 0 unspecified atom stereocenters. The maximum absolute atomic E-state index is 5.61. The summed E-state index contributed by atoms with van der Waals surface area (Å²) in [5.74, 6) is 1.57. The molecule has 0 aliphatic carbocycles. The summed E-state index contributed by atoms with van der Waals surface area (Å²) in [6, 6.07) is 7.71. The van der Waals surface area contributed by atoms with Gasteiger partial charge in [0, 0.05) is 6.07 Å². The van der Waals surface area contributed by atoms with Gasteiger partial charge in [0.2, 0.25) is 0 Å². The van der Waals surface area contributed by atoms with Crippen molar-refractivity contribution < 1.29 is 4.74 Å². The molecule has 2 rings (SSSR count). The van der Waals surface area contributed by atoms with Gasteiger partial charge in [-0.2, -0.15) is 4.68 Å².